The highest BCUT2D eigenvalue weighted by molar-refractivity contribution is 5.75. The third-order valence-corrected chi connectivity index (χ3v) is 2.34. The zero-order valence-corrected chi connectivity index (χ0v) is 9.11. The lowest BCUT2D eigenvalue weighted by atomic mass is 10.2. The van der Waals surface area contributed by atoms with E-state index in [0.717, 1.165) is 12.8 Å². The van der Waals surface area contributed by atoms with Crippen LogP contribution in [0.1, 0.15) is 19.3 Å². The first-order chi connectivity index (χ1) is 7.24. The molecule has 1 rings (SSSR count). The predicted molar refractivity (Wildman–Crippen MR) is 54.4 cm³/mol. The molecule has 0 aromatic heterocycles. The minimum Gasteiger partial charge on any atom is -0.459 e. The van der Waals surface area contributed by atoms with Gasteiger partial charge < -0.3 is 19.9 Å². The average Bonchev–Trinajstić information content (AvgIpc) is 2.70. The summed E-state index contributed by atoms with van der Waals surface area (Å²) in [6.45, 7) is 1.78. The maximum atomic E-state index is 11.4. The van der Waals surface area contributed by atoms with Crippen molar-refractivity contribution in [2.45, 2.75) is 31.4 Å². The molecule has 1 fully saturated rings. The predicted octanol–water partition coefficient (Wildman–Crippen LogP) is 0.0724. The minimum absolute atomic E-state index is 0.106. The molecule has 1 aliphatic rings. The van der Waals surface area contributed by atoms with Crippen molar-refractivity contribution in [1.82, 2.24) is 0 Å². The number of hydrogen-bond acceptors (Lipinski definition) is 5. The van der Waals surface area contributed by atoms with Crippen LogP contribution >= 0.6 is 0 Å². The third kappa shape index (κ3) is 4.59. The third-order valence-electron chi connectivity index (χ3n) is 2.34. The molecule has 88 valence electrons. The van der Waals surface area contributed by atoms with Crippen molar-refractivity contribution in [3.8, 4) is 0 Å². The summed E-state index contributed by atoms with van der Waals surface area (Å²) in [5.41, 5.74) is 5.67. The largest absolute Gasteiger partial charge is 0.459 e. The van der Waals surface area contributed by atoms with E-state index in [2.05, 4.69) is 0 Å². The van der Waals surface area contributed by atoms with E-state index in [9.17, 15) is 4.79 Å². The van der Waals surface area contributed by atoms with Crippen LogP contribution in [0.3, 0.4) is 0 Å². The second-order valence-electron chi connectivity index (χ2n) is 3.66. The van der Waals surface area contributed by atoms with E-state index in [1.165, 1.54) is 0 Å². The molecular formula is C10H19NO4. The summed E-state index contributed by atoms with van der Waals surface area (Å²) in [6.07, 6.45) is 2.04. The van der Waals surface area contributed by atoms with E-state index in [1.54, 1.807) is 7.11 Å². The van der Waals surface area contributed by atoms with Crippen LogP contribution in [0.25, 0.3) is 0 Å². The summed E-state index contributed by atoms with van der Waals surface area (Å²) in [5.74, 6) is -0.332. The summed E-state index contributed by atoms with van der Waals surface area (Å²) in [5, 5.41) is 0. The molecule has 0 bridgehead atoms. The van der Waals surface area contributed by atoms with Gasteiger partial charge in [-0.05, 0) is 12.8 Å². The maximum Gasteiger partial charge on any atom is 0.323 e. The molecule has 5 heteroatoms. The molecule has 0 aromatic carbocycles. The summed E-state index contributed by atoms with van der Waals surface area (Å²) in [6, 6.07) is -0.541. The van der Waals surface area contributed by atoms with E-state index in [1.807, 2.05) is 0 Å². The highest BCUT2D eigenvalue weighted by atomic mass is 16.6. The number of carbonyl (C=O) groups excluding carboxylic acids is 1. The van der Waals surface area contributed by atoms with E-state index < -0.39 is 6.04 Å². The fourth-order valence-corrected chi connectivity index (χ4v) is 1.42. The second-order valence-corrected chi connectivity index (χ2v) is 3.66. The molecule has 0 aliphatic carbocycles. The molecule has 15 heavy (non-hydrogen) atoms. The van der Waals surface area contributed by atoms with Crippen molar-refractivity contribution in [2.75, 3.05) is 26.9 Å². The van der Waals surface area contributed by atoms with E-state index >= 15 is 0 Å². The Labute approximate surface area is 89.9 Å². The molecule has 0 aromatic rings. The quantitative estimate of drug-likeness (QED) is 0.503. The van der Waals surface area contributed by atoms with E-state index in [4.69, 9.17) is 19.9 Å². The standard InChI is InChI=1S/C10H19NO4/c1-13-5-2-3-9(11)10(12)15-8-4-6-14-7-8/h8-9H,2-7,11H2,1H3. The van der Waals surface area contributed by atoms with Gasteiger partial charge in [-0.15, -0.1) is 0 Å². The normalized spacial score (nSPS) is 22.7. The molecule has 0 saturated carbocycles. The van der Waals surface area contributed by atoms with Gasteiger partial charge in [0.15, 0.2) is 0 Å². The van der Waals surface area contributed by atoms with Gasteiger partial charge in [0.2, 0.25) is 0 Å². The molecule has 2 atom stereocenters. The van der Waals surface area contributed by atoms with Crippen LogP contribution in [0.15, 0.2) is 0 Å². The molecule has 5 nitrogen and oxygen atoms in total. The summed E-state index contributed by atoms with van der Waals surface area (Å²) < 4.78 is 15.1. The van der Waals surface area contributed by atoms with Gasteiger partial charge in [-0.3, -0.25) is 4.79 Å². The molecule has 1 aliphatic heterocycles. The van der Waals surface area contributed by atoms with Crippen LogP contribution < -0.4 is 5.73 Å². The van der Waals surface area contributed by atoms with Gasteiger partial charge in [0.1, 0.15) is 12.1 Å². The SMILES string of the molecule is COCCCC(N)C(=O)OC1CCOC1. The summed E-state index contributed by atoms with van der Waals surface area (Å²) in [7, 11) is 1.62. The summed E-state index contributed by atoms with van der Waals surface area (Å²) >= 11 is 0. The minimum atomic E-state index is -0.541. The Hall–Kier alpha value is -0.650. The number of nitrogens with two attached hydrogens (primary N) is 1. The molecule has 2 unspecified atom stereocenters. The molecule has 1 saturated heterocycles. The zero-order valence-electron chi connectivity index (χ0n) is 9.11. The van der Waals surface area contributed by atoms with Gasteiger partial charge >= 0.3 is 5.97 Å². The highest BCUT2D eigenvalue weighted by Gasteiger charge is 2.23. The van der Waals surface area contributed by atoms with Crippen molar-refractivity contribution in [2.24, 2.45) is 5.73 Å². The second kappa shape index (κ2) is 6.76. The van der Waals surface area contributed by atoms with Gasteiger partial charge in [-0.25, -0.2) is 0 Å². The van der Waals surface area contributed by atoms with Crippen molar-refractivity contribution >= 4 is 5.97 Å². The molecular weight excluding hydrogens is 198 g/mol. The number of esters is 1. The highest BCUT2D eigenvalue weighted by Crippen LogP contribution is 2.09. The van der Waals surface area contributed by atoms with Gasteiger partial charge in [-0.2, -0.15) is 0 Å². The lowest BCUT2D eigenvalue weighted by Crippen LogP contribution is -2.35. The molecule has 0 spiro atoms. The van der Waals surface area contributed by atoms with Crippen LogP contribution in [0.4, 0.5) is 0 Å². The Morgan fingerprint density at radius 2 is 2.47 bits per heavy atom. The number of carbonyl (C=O) groups is 1. The van der Waals surface area contributed by atoms with Crippen LogP contribution in [-0.4, -0.2) is 45.0 Å². The number of rotatable bonds is 6. The Bertz CT molecular complexity index is 192. The Kier molecular flexibility index (Phi) is 5.60. The van der Waals surface area contributed by atoms with E-state index in [-0.39, 0.29) is 12.1 Å². The smallest absolute Gasteiger partial charge is 0.323 e. The first-order valence-corrected chi connectivity index (χ1v) is 5.26. The lowest BCUT2D eigenvalue weighted by molar-refractivity contribution is -0.150. The lowest BCUT2D eigenvalue weighted by Gasteiger charge is -2.14. The molecule has 0 amide bonds. The van der Waals surface area contributed by atoms with Gasteiger partial charge in [-0.1, -0.05) is 0 Å². The number of methoxy groups -OCH3 is 1. The van der Waals surface area contributed by atoms with Crippen LogP contribution in [-0.2, 0) is 19.0 Å². The van der Waals surface area contributed by atoms with Crippen molar-refractivity contribution in [3.63, 3.8) is 0 Å². The van der Waals surface area contributed by atoms with Crippen molar-refractivity contribution in [3.05, 3.63) is 0 Å². The van der Waals surface area contributed by atoms with Gasteiger partial charge in [0.25, 0.3) is 0 Å². The fourth-order valence-electron chi connectivity index (χ4n) is 1.42. The zero-order chi connectivity index (χ0) is 11.1. The Morgan fingerprint density at radius 1 is 1.67 bits per heavy atom. The maximum absolute atomic E-state index is 11.4. The topological polar surface area (TPSA) is 70.8 Å². The Balaban J connectivity index is 2.14. The summed E-state index contributed by atoms with van der Waals surface area (Å²) in [4.78, 5) is 11.4. The molecule has 1 heterocycles. The first kappa shape index (κ1) is 12.4. The fraction of sp³-hybridized carbons (Fsp3) is 0.900. The Morgan fingerprint density at radius 3 is 3.07 bits per heavy atom. The van der Waals surface area contributed by atoms with Crippen LogP contribution in [0.5, 0.6) is 0 Å². The van der Waals surface area contributed by atoms with Crippen molar-refractivity contribution in [1.29, 1.82) is 0 Å². The van der Waals surface area contributed by atoms with Crippen molar-refractivity contribution < 1.29 is 19.0 Å². The molecule has 2 N–H and O–H groups in total. The monoisotopic (exact) mass is 217 g/mol. The number of ether oxygens (including phenoxy) is 3. The van der Waals surface area contributed by atoms with Gasteiger partial charge in [0, 0.05) is 20.1 Å². The average molecular weight is 217 g/mol. The molecule has 0 radical (unpaired) electrons. The van der Waals surface area contributed by atoms with Crippen LogP contribution in [0, 0.1) is 0 Å². The van der Waals surface area contributed by atoms with Gasteiger partial charge in [0.05, 0.1) is 13.2 Å². The first-order valence-electron chi connectivity index (χ1n) is 5.26. The number of hydrogen-bond donors (Lipinski definition) is 1. The van der Waals surface area contributed by atoms with Crippen LogP contribution in [0.2, 0.25) is 0 Å². The van der Waals surface area contributed by atoms with E-state index in [0.29, 0.717) is 26.2 Å².